The fourth-order valence-electron chi connectivity index (χ4n) is 2.49. The summed E-state index contributed by atoms with van der Waals surface area (Å²) in [5.74, 6) is 0.644. The van der Waals surface area contributed by atoms with Gasteiger partial charge in [0.2, 0.25) is 5.91 Å². The third-order valence-corrected chi connectivity index (χ3v) is 3.87. The highest BCUT2D eigenvalue weighted by molar-refractivity contribution is 5.79. The number of rotatable bonds is 6. The minimum Gasteiger partial charge on any atom is -0.356 e. The van der Waals surface area contributed by atoms with Gasteiger partial charge in [-0.1, -0.05) is 6.42 Å². The second-order valence-corrected chi connectivity index (χ2v) is 5.17. The second-order valence-electron chi connectivity index (χ2n) is 5.17. The summed E-state index contributed by atoms with van der Waals surface area (Å²) in [6.45, 7) is 4.67. The topological polar surface area (TPSA) is 32.3 Å². The number of nitrogens with zero attached hydrogens (tertiary/aromatic N) is 1. The summed E-state index contributed by atoms with van der Waals surface area (Å²) in [5.41, 5.74) is 0. The lowest BCUT2D eigenvalue weighted by Crippen LogP contribution is -2.35. The van der Waals surface area contributed by atoms with E-state index in [9.17, 15) is 4.79 Å². The van der Waals surface area contributed by atoms with Gasteiger partial charge >= 0.3 is 0 Å². The average molecular weight is 224 g/mol. The van der Waals surface area contributed by atoms with Crippen LogP contribution >= 0.6 is 0 Å². The fourth-order valence-corrected chi connectivity index (χ4v) is 2.49. The summed E-state index contributed by atoms with van der Waals surface area (Å²) < 4.78 is 0. The molecule has 1 N–H and O–H groups in total. The summed E-state index contributed by atoms with van der Waals surface area (Å²) in [5, 5.41) is 3.05. The molecule has 0 aromatic carbocycles. The van der Waals surface area contributed by atoms with Gasteiger partial charge in [0, 0.05) is 12.5 Å². The molecular formula is C13H24N2O. The molecule has 2 aliphatic rings. The van der Waals surface area contributed by atoms with Crippen molar-refractivity contribution in [1.29, 1.82) is 0 Å². The molecule has 2 rings (SSSR count). The lowest BCUT2D eigenvalue weighted by atomic mass is 9.85. The summed E-state index contributed by atoms with van der Waals surface area (Å²) in [7, 11) is 0. The SMILES string of the molecule is O=C(NCCCCN1CCCC1)C1CCC1. The Morgan fingerprint density at radius 2 is 1.88 bits per heavy atom. The number of carbonyl (C=O) groups excluding carboxylic acids is 1. The predicted octanol–water partition coefficient (Wildman–Crippen LogP) is 1.78. The molecule has 0 spiro atoms. The molecule has 0 aromatic rings. The van der Waals surface area contributed by atoms with Crippen molar-refractivity contribution in [3.8, 4) is 0 Å². The normalized spacial score (nSPS) is 22.0. The predicted molar refractivity (Wildman–Crippen MR) is 65.3 cm³/mol. The maximum absolute atomic E-state index is 11.5. The monoisotopic (exact) mass is 224 g/mol. The molecule has 16 heavy (non-hydrogen) atoms. The first-order chi connectivity index (χ1) is 7.86. The van der Waals surface area contributed by atoms with Gasteiger partial charge < -0.3 is 10.2 Å². The molecule has 1 aliphatic carbocycles. The molecule has 0 bridgehead atoms. The van der Waals surface area contributed by atoms with E-state index in [4.69, 9.17) is 0 Å². The van der Waals surface area contributed by atoms with Crippen LogP contribution in [0.15, 0.2) is 0 Å². The molecule has 3 nitrogen and oxygen atoms in total. The molecule has 92 valence electrons. The van der Waals surface area contributed by atoms with Gasteiger partial charge in [-0.15, -0.1) is 0 Å². The molecule has 1 amide bonds. The standard InChI is InChI=1S/C13H24N2O/c16-13(12-6-5-7-12)14-8-1-2-9-15-10-3-4-11-15/h12H,1-11H2,(H,14,16). The van der Waals surface area contributed by atoms with Gasteiger partial charge in [0.1, 0.15) is 0 Å². The Kier molecular flexibility index (Phi) is 4.64. The number of carbonyl (C=O) groups is 1. The van der Waals surface area contributed by atoms with Crippen molar-refractivity contribution >= 4 is 5.91 Å². The molecule has 1 heterocycles. The van der Waals surface area contributed by atoms with Gasteiger partial charge in [0.05, 0.1) is 0 Å². The Balaban J connectivity index is 1.43. The van der Waals surface area contributed by atoms with E-state index in [-0.39, 0.29) is 0 Å². The molecule has 1 saturated carbocycles. The van der Waals surface area contributed by atoms with Crippen molar-refractivity contribution in [1.82, 2.24) is 10.2 Å². The van der Waals surface area contributed by atoms with E-state index in [1.165, 1.54) is 45.3 Å². The Labute approximate surface area is 98.6 Å². The highest BCUT2D eigenvalue weighted by Crippen LogP contribution is 2.26. The van der Waals surface area contributed by atoms with Crippen molar-refractivity contribution in [3.63, 3.8) is 0 Å². The Morgan fingerprint density at radius 1 is 1.12 bits per heavy atom. The van der Waals surface area contributed by atoms with Gasteiger partial charge in [-0.2, -0.15) is 0 Å². The summed E-state index contributed by atoms with van der Waals surface area (Å²) in [6, 6.07) is 0. The van der Waals surface area contributed by atoms with Gasteiger partial charge in [0.25, 0.3) is 0 Å². The maximum atomic E-state index is 11.5. The smallest absolute Gasteiger partial charge is 0.223 e. The van der Waals surface area contributed by atoms with E-state index in [1.54, 1.807) is 0 Å². The van der Waals surface area contributed by atoms with Crippen LogP contribution in [0.1, 0.15) is 44.9 Å². The van der Waals surface area contributed by atoms with Gasteiger partial charge in [-0.3, -0.25) is 4.79 Å². The molecule has 1 aliphatic heterocycles. The number of hydrogen-bond donors (Lipinski definition) is 1. The zero-order chi connectivity index (χ0) is 11.2. The van der Waals surface area contributed by atoms with Crippen molar-refractivity contribution in [2.24, 2.45) is 5.92 Å². The number of nitrogens with one attached hydrogen (secondary N) is 1. The zero-order valence-electron chi connectivity index (χ0n) is 10.2. The summed E-state index contributed by atoms with van der Waals surface area (Å²) in [4.78, 5) is 14.1. The van der Waals surface area contributed by atoms with Gasteiger partial charge in [0.15, 0.2) is 0 Å². The van der Waals surface area contributed by atoms with Crippen LogP contribution in [0.5, 0.6) is 0 Å². The largest absolute Gasteiger partial charge is 0.356 e. The van der Waals surface area contributed by atoms with Crippen LogP contribution in [-0.2, 0) is 4.79 Å². The Hall–Kier alpha value is -0.570. The minimum absolute atomic E-state index is 0.299. The average Bonchev–Trinajstić information content (AvgIpc) is 2.67. The van der Waals surface area contributed by atoms with Crippen molar-refractivity contribution < 1.29 is 4.79 Å². The second kappa shape index (κ2) is 6.24. The zero-order valence-corrected chi connectivity index (χ0v) is 10.2. The van der Waals surface area contributed by atoms with Crippen LogP contribution in [0.25, 0.3) is 0 Å². The molecule has 3 heteroatoms. The van der Waals surface area contributed by atoms with E-state index in [1.807, 2.05) is 0 Å². The maximum Gasteiger partial charge on any atom is 0.223 e. The molecule has 0 atom stereocenters. The van der Waals surface area contributed by atoms with E-state index in [2.05, 4.69) is 10.2 Å². The molecule has 0 unspecified atom stereocenters. The van der Waals surface area contributed by atoms with Crippen molar-refractivity contribution in [2.75, 3.05) is 26.2 Å². The molecule has 2 fully saturated rings. The molecular weight excluding hydrogens is 200 g/mol. The van der Waals surface area contributed by atoms with Crippen molar-refractivity contribution in [3.05, 3.63) is 0 Å². The minimum atomic E-state index is 0.299. The van der Waals surface area contributed by atoms with Crippen LogP contribution in [0.3, 0.4) is 0 Å². The lowest BCUT2D eigenvalue weighted by molar-refractivity contribution is -0.127. The van der Waals surface area contributed by atoms with Crippen molar-refractivity contribution in [2.45, 2.75) is 44.9 Å². The van der Waals surface area contributed by atoms with Gasteiger partial charge in [-0.05, 0) is 58.2 Å². The first kappa shape index (κ1) is 11.9. The fraction of sp³-hybridized carbons (Fsp3) is 0.923. The number of amides is 1. The molecule has 0 radical (unpaired) electrons. The Morgan fingerprint density at radius 3 is 2.50 bits per heavy atom. The third-order valence-electron chi connectivity index (χ3n) is 3.87. The highest BCUT2D eigenvalue weighted by atomic mass is 16.1. The van der Waals surface area contributed by atoms with E-state index in [0.29, 0.717) is 11.8 Å². The number of likely N-dealkylation sites (tertiary alicyclic amines) is 1. The van der Waals surface area contributed by atoms with E-state index < -0.39 is 0 Å². The van der Waals surface area contributed by atoms with Crippen LogP contribution in [0, 0.1) is 5.92 Å². The third kappa shape index (κ3) is 3.48. The first-order valence-electron chi connectivity index (χ1n) is 6.86. The molecule has 1 saturated heterocycles. The highest BCUT2D eigenvalue weighted by Gasteiger charge is 2.24. The van der Waals surface area contributed by atoms with Gasteiger partial charge in [-0.25, -0.2) is 0 Å². The van der Waals surface area contributed by atoms with Crippen LogP contribution in [0.2, 0.25) is 0 Å². The van der Waals surface area contributed by atoms with Crippen LogP contribution < -0.4 is 5.32 Å². The van der Waals surface area contributed by atoms with E-state index >= 15 is 0 Å². The first-order valence-corrected chi connectivity index (χ1v) is 6.86. The number of unbranched alkanes of at least 4 members (excludes halogenated alkanes) is 1. The molecule has 0 aromatic heterocycles. The lowest BCUT2D eigenvalue weighted by Gasteiger charge is -2.24. The Bertz CT molecular complexity index is 220. The van der Waals surface area contributed by atoms with Crippen LogP contribution in [-0.4, -0.2) is 37.0 Å². The van der Waals surface area contributed by atoms with Crippen LogP contribution in [0.4, 0.5) is 0 Å². The summed E-state index contributed by atoms with van der Waals surface area (Å²) in [6.07, 6.45) is 8.57. The quantitative estimate of drug-likeness (QED) is 0.698. The van der Waals surface area contributed by atoms with E-state index in [0.717, 1.165) is 25.8 Å². The number of hydrogen-bond acceptors (Lipinski definition) is 2. The summed E-state index contributed by atoms with van der Waals surface area (Å²) >= 11 is 0.